The van der Waals surface area contributed by atoms with Crippen molar-refractivity contribution in [1.29, 1.82) is 0 Å². The minimum absolute atomic E-state index is 0.0106. The van der Waals surface area contributed by atoms with E-state index in [4.69, 9.17) is 10.3 Å². The zero-order valence-corrected chi connectivity index (χ0v) is 9.52. The predicted octanol–water partition coefficient (Wildman–Crippen LogP) is 0.130. The first-order chi connectivity index (χ1) is 8.09. The molecule has 0 aliphatic rings. The van der Waals surface area contributed by atoms with E-state index in [9.17, 15) is 8.42 Å². The molecule has 0 aliphatic carbocycles. The van der Waals surface area contributed by atoms with Crippen LogP contribution in [0.3, 0.4) is 0 Å². The summed E-state index contributed by atoms with van der Waals surface area (Å²) in [5.74, 6) is 0.413. The molecule has 8 heteroatoms. The van der Waals surface area contributed by atoms with E-state index in [1.165, 1.54) is 24.7 Å². The van der Waals surface area contributed by atoms with Gasteiger partial charge < -0.3 is 10.3 Å². The summed E-state index contributed by atoms with van der Waals surface area (Å²) >= 11 is 0. The molecule has 17 heavy (non-hydrogen) atoms. The number of nitrogens with one attached hydrogen (secondary N) is 1. The van der Waals surface area contributed by atoms with E-state index >= 15 is 0 Å². The van der Waals surface area contributed by atoms with Crippen molar-refractivity contribution in [3.05, 3.63) is 36.5 Å². The van der Waals surface area contributed by atoms with E-state index in [0.717, 1.165) is 0 Å². The van der Waals surface area contributed by atoms with Gasteiger partial charge in [0, 0.05) is 18.5 Å². The van der Waals surface area contributed by atoms with Gasteiger partial charge in [-0.2, -0.15) is 0 Å². The molecule has 90 valence electrons. The number of pyridine rings is 1. The van der Waals surface area contributed by atoms with Gasteiger partial charge in [0.15, 0.2) is 5.76 Å². The number of rotatable bonds is 4. The SMILES string of the molecule is Nc1ccncc1S(=O)(=O)NCc1ccno1. The second kappa shape index (κ2) is 4.52. The Morgan fingerprint density at radius 2 is 2.18 bits per heavy atom. The van der Waals surface area contributed by atoms with E-state index in [0.29, 0.717) is 5.76 Å². The van der Waals surface area contributed by atoms with Crippen molar-refractivity contribution in [1.82, 2.24) is 14.9 Å². The van der Waals surface area contributed by atoms with Gasteiger partial charge in [0.25, 0.3) is 0 Å². The van der Waals surface area contributed by atoms with Crippen molar-refractivity contribution >= 4 is 15.7 Å². The van der Waals surface area contributed by atoms with Gasteiger partial charge in [0.2, 0.25) is 10.0 Å². The standard InChI is InChI=1S/C9H10N4O3S/c10-8-2-3-11-6-9(8)17(14,15)13-5-7-1-4-12-16-7/h1-4,6,13H,5H2,(H2,10,11). The molecule has 0 fully saturated rings. The lowest BCUT2D eigenvalue weighted by Gasteiger charge is -2.06. The van der Waals surface area contributed by atoms with Crippen molar-refractivity contribution in [2.75, 3.05) is 5.73 Å². The molecule has 0 spiro atoms. The molecule has 3 N–H and O–H groups in total. The lowest BCUT2D eigenvalue weighted by molar-refractivity contribution is 0.380. The molecule has 0 radical (unpaired) electrons. The summed E-state index contributed by atoms with van der Waals surface area (Å²) in [7, 11) is -3.69. The van der Waals surface area contributed by atoms with Crippen LogP contribution in [0.1, 0.15) is 5.76 Å². The Balaban J connectivity index is 2.17. The third-order valence-corrected chi connectivity index (χ3v) is 3.48. The summed E-state index contributed by atoms with van der Waals surface area (Å²) in [6.45, 7) is 0.0106. The Hall–Kier alpha value is -1.93. The zero-order chi connectivity index (χ0) is 12.3. The Morgan fingerprint density at radius 3 is 2.82 bits per heavy atom. The van der Waals surface area contributed by atoms with Crippen molar-refractivity contribution in [2.45, 2.75) is 11.4 Å². The predicted molar refractivity (Wildman–Crippen MR) is 59.2 cm³/mol. The normalized spacial score (nSPS) is 11.5. The maximum atomic E-state index is 11.9. The molecule has 2 heterocycles. The summed E-state index contributed by atoms with van der Waals surface area (Å²) in [4.78, 5) is 3.67. The largest absolute Gasteiger partial charge is 0.398 e. The monoisotopic (exact) mass is 254 g/mol. The average Bonchev–Trinajstić information content (AvgIpc) is 2.80. The van der Waals surface area contributed by atoms with Gasteiger partial charge in [-0.3, -0.25) is 4.98 Å². The van der Waals surface area contributed by atoms with Crippen LogP contribution < -0.4 is 10.5 Å². The number of nitrogens with zero attached hydrogens (tertiary/aromatic N) is 2. The number of sulfonamides is 1. The number of hydrogen-bond donors (Lipinski definition) is 2. The molecular formula is C9H10N4O3S. The number of nitrogen functional groups attached to an aromatic ring is 1. The highest BCUT2D eigenvalue weighted by molar-refractivity contribution is 7.89. The van der Waals surface area contributed by atoms with E-state index in [1.807, 2.05) is 0 Å². The fourth-order valence-corrected chi connectivity index (χ4v) is 2.26. The molecule has 2 aromatic heterocycles. The van der Waals surface area contributed by atoms with Crippen LogP contribution in [0.15, 0.2) is 40.1 Å². The van der Waals surface area contributed by atoms with Crippen LogP contribution in [0.4, 0.5) is 5.69 Å². The topological polar surface area (TPSA) is 111 Å². The van der Waals surface area contributed by atoms with E-state index < -0.39 is 10.0 Å². The van der Waals surface area contributed by atoms with Crippen LogP contribution in [0.2, 0.25) is 0 Å². The highest BCUT2D eigenvalue weighted by Crippen LogP contribution is 2.15. The molecule has 0 saturated carbocycles. The van der Waals surface area contributed by atoms with Crippen molar-refractivity contribution in [3.8, 4) is 0 Å². The molecular weight excluding hydrogens is 244 g/mol. The Kier molecular flexibility index (Phi) is 3.07. The average molecular weight is 254 g/mol. The van der Waals surface area contributed by atoms with E-state index in [-0.39, 0.29) is 17.1 Å². The van der Waals surface area contributed by atoms with Gasteiger partial charge in [-0.05, 0) is 6.07 Å². The fourth-order valence-electron chi connectivity index (χ4n) is 1.19. The van der Waals surface area contributed by atoms with Gasteiger partial charge in [0.1, 0.15) is 4.90 Å². The smallest absolute Gasteiger partial charge is 0.244 e. The van der Waals surface area contributed by atoms with Crippen LogP contribution in [0.25, 0.3) is 0 Å². The maximum Gasteiger partial charge on any atom is 0.244 e. The number of hydrogen-bond acceptors (Lipinski definition) is 6. The molecule has 2 rings (SSSR count). The molecule has 2 aromatic rings. The molecule has 0 unspecified atom stereocenters. The van der Waals surface area contributed by atoms with Crippen LogP contribution in [0, 0.1) is 0 Å². The summed E-state index contributed by atoms with van der Waals surface area (Å²) < 4.78 is 30.8. The molecule has 0 saturated heterocycles. The molecule has 0 amide bonds. The van der Waals surface area contributed by atoms with Crippen molar-refractivity contribution in [3.63, 3.8) is 0 Å². The Bertz CT molecular complexity index is 594. The summed E-state index contributed by atoms with van der Waals surface area (Å²) in [6.07, 6.45) is 4.05. The molecule has 0 aliphatic heterocycles. The fraction of sp³-hybridized carbons (Fsp3) is 0.111. The lowest BCUT2D eigenvalue weighted by atomic mass is 10.4. The molecule has 7 nitrogen and oxygen atoms in total. The third-order valence-electron chi connectivity index (χ3n) is 2.03. The minimum atomic E-state index is -3.69. The summed E-state index contributed by atoms with van der Waals surface area (Å²) in [5.41, 5.74) is 5.70. The second-order valence-corrected chi connectivity index (χ2v) is 4.95. The number of anilines is 1. The highest BCUT2D eigenvalue weighted by atomic mass is 32.2. The first kappa shape index (κ1) is 11.6. The molecule has 0 bridgehead atoms. The highest BCUT2D eigenvalue weighted by Gasteiger charge is 2.17. The van der Waals surface area contributed by atoms with Gasteiger partial charge in [-0.1, -0.05) is 5.16 Å². The van der Waals surface area contributed by atoms with Gasteiger partial charge >= 0.3 is 0 Å². The van der Waals surface area contributed by atoms with E-state index in [1.54, 1.807) is 6.07 Å². The number of aromatic nitrogens is 2. The van der Waals surface area contributed by atoms with Gasteiger partial charge in [-0.25, -0.2) is 13.1 Å². The first-order valence-electron chi connectivity index (χ1n) is 4.68. The van der Waals surface area contributed by atoms with Gasteiger partial charge in [0.05, 0.1) is 18.4 Å². The molecule has 0 atom stereocenters. The zero-order valence-electron chi connectivity index (χ0n) is 8.70. The quantitative estimate of drug-likeness (QED) is 0.802. The van der Waals surface area contributed by atoms with Crippen molar-refractivity contribution < 1.29 is 12.9 Å². The third kappa shape index (κ3) is 2.60. The minimum Gasteiger partial charge on any atom is -0.398 e. The van der Waals surface area contributed by atoms with Crippen molar-refractivity contribution in [2.24, 2.45) is 0 Å². The van der Waals surface area contributed by atoms with Gasteiger partial charge in [-0.15, -0.1) is 0 Å². The first-order valence-corrected chi connectivity index (χ1v) is 6.16. The van der Waals surface area contributed by atoms with Crippen LogP contribution in [0.5, 0.6) is 0 Å². The lowest BCUT2D eigenvalue weighted by Crippen LogP contribution is -2.24. The van der Waals surface area contributed by atoms with E-state index in [2.05, 4.69) is 14.9 Å². The number of nitrogens with two attached hydrogens (primary N) is 1. The van der Waals surface area contributed by atoms with Crippen LogP contribution in [-0.4, -0.2) is 18.6 Å². The summed E-state index contributed by atoms with van der Waals surface area (Å²) in [6, 6.07) is 2.98. The van der Waals surface area contributed by atoms with Crippen LogP contribution >= 0.6 is 0 Å². The second-order valence-electron chi connectivity index (χ2n) is 3.22. The Labute approximate surface area is 97.7 Å². The maximum absolute atomic E-state index is 11.9. The molecule has 0 aromatic carbocycles. The van der Waals surface area contributed by atoms with Crippen LogP contribution in [-0.2, 0) is 16.6 Å². The summed E-state index contributed by atoms with van der Waals surface area (Å²) in [5, 5.41) is 3.47. The Morgan fingerprint density at radius 1 is 1.35 bits per heavy atom.